The van der Waals surface area contributed by atoms with Crippen LogP contribution in [0.1, 0.15) is 31.2 Å². The molecule has 1 atom stereocenters. The van der Waals surface area contributed by atoms with Gasteiger partial charge in [0.25, 0.3) is 0 Å². The molecule has 1 aromatic rings. The summed E-state index contributed by atoms with van der Waals surface area (Å²) in [5, 5.41) is 0.864. The zero-order valence-corrected chi connectivity index (χ0v) is 8.72. The van der Waals surface area contributed by atoms with Gasteiger partial charge in [0.05, 0.1) is 0 Å². The summed E-state index contributed by atoms with van der Waals surface area (Å²) in [7, 11) is 0. The molecule has 0 aliphatic heterocycles. The lowest BCUT2D eigenvalue weighted by atomic mass is 9.93. The van der Waals surface area contributed by atoms with Crippen molar-refractivity contribution < 1.29 is 0 Å². The third-order valence-electron chi connectivity index (χ3n) is 2.35. The Kier molecular flexibility index (Phi) is 4.26. The molecule has 72 valence electrons. The number of nitrogens with two attached hydrogens (primary N) is 1. The van der Waals surface area contributed by atoms with Gasteiger partial charge in [-0.1, -0.05) is 36.7 Å². The second-order valence-corrected chi connectivity index (χ2v) is 3.61. The number of halogens is 1. The molecule has 0 aromatic heterocycles. The highest BCUT2D eigenvalue weighted by Crippen LogP contribution is 2.28. The summed E-state index contributed by atoms with van der Waals surface area (Å²) in [6, 6.07) is 8.02. The van der Waals surface area contributed by atoms with E-state index < -0.39 is 0 Å². The van der Waals surface area contributed by atoms with E-state index in [2.05, 4.69) is 13.0 Å². The van der Waals surface area contributed by atoms with Crippen molar-refractivity contribution in [2.24, 2.45) is 5.73 Å². The molecule has 0 aliphatic rings. The van der Waals surface area contributed by atoms with E-state index in [1.807, 2.05) is 18.2 Å². The van der Waals surface area contributed by atoms with E-state index in [1.165, 1.54) is 5.56 Å². The summed E-state index contributed by atoms with van der Waals surface area (Å²) in [5.41, 5.74) is 6.78. The predicted octanol–water partition coefficient (Wildman–Crippen LogP) is 3.18. The quantitative estimate of drug-likeness (QED) is 0.789. The van der Waals surface area contributed by atoms with Gasteiger partial charge in [0.2, 0.25) is 0 Å². The molecule has 2 N–H and O–H groups in total. The largest absolute Gasteiger partial charge is 0.330 e. The summed E-state index contributed by atoms with van der Waals surface area (Å²) in [6.45, 7) is 2.90. The first-order valence-corrected chi connectivity index (χ1v) is 5.11. The van der Waals surface area contributed by atoms with Crippen LogP contribution >= 0.6 is 11.6 Å². The lowest BCUT2D eigenvalue weighted by Gasteiger charge is -2.15. The van der Waals surface area contributed by atoms with E-state index in [-0.39, 0.29) is 0 Å². The summed E-state index contributed by atoms with van der Waals surface area (Å²) < 4.78 is 0. The van der Waals surface area contributed by atoms with E-state index in [9.17, 15) is 0 Å². The van der Waals surface area contributed by atoms with Crippen molar-refractivity contribution in [2.45, 2.75) is 25.7 Å². The van der Waals surface area contributed by atoms with E-state index in [4.69, 9.17) is 17.3 Å². The van der Waals surface area contributed by atoms with Crippen molar-refractivity contribution in [1.29, 1.82) is 0 Å². The van der Waals surface area contributed by atoms with Crippen molar-refractivity contribution in [2.75, 3.05) is 6.54 Å². The lowest BCUT2D eigenvalue weighted by molar-refractivity contribution is 0.614. The Morgan fingerprint density at radius 2 is 2.08 bits per heavy atom. The van der Waals surface area contributed by atoms with Crippen molar-refractivity contribution in [3.63, 3.8) is 0 Å². The van der Waals surface area contributed by atoms with Crippen molar-refractivity contribution in [1.82, 2.24) is 0 Å². The minimum atomic E-state index is 0.513. The Balaban J connectivity index is 2.84. The monoisotopic (exact) mass is 197 g/mol. The summed E-state index contributed by atoms with van der Waals surface area (Å²) in [4.78, 5) is 0. The molecule has 0 aliphatic carbocycles. The summed E-state index contributed by atoms with van der Waals surface area (Å²) >= 11 is 6.09. The molecule has 1 aromatic carbocycles. The predicted molar refractivity (Wildman–Crippen MR) is 58.2 cm³/mol. The molecule has 0 fully saturated rings. The Morgan fingerprint density at radius 3 is 2.62 bits per heavy atom. The molecular formula is C11H16ClN. The molecule has 0 saturated carbocycles. The molecule has 0 bridgehead atoms. The summed E-state index contributed by atoms with van der Waals surface area (Å²) in [5.74, 6) is 0.513. The molecule has 0 spiro atoms. The Morgan fingerprint density at radius 1 is 1.38 bits per heavy atom. The zero-order chi connectivity index (χ0) is 9.68. The zero-order valence-electron chi connectivity index (χ0n) is 7.96. The number of rotatable bonds is 4. The maximum absolute atomic E-state index is 6.09. The number of benzene rings is 1. The highest BCUT2D eigenvalue weighted by atomic mass is 35.5. The van der Waals surface area contributed by atoms with E-state index in [1.54, 1.807) is 0 Å². The molecule has 1 unspecified atom stereocenters. The van der Waals surface area contributed by atoms with E-state index in [0.29, 0.717) is 5.92 Å². The van der Waals surface area contributed by atoms with Crippen molar-refractivity contribution in [3.8, 4) is 0 Å². The molecule has 0 heterocycles. The van der Waals surface area contributed by atoms with Gasteiger partial charge in [-0.15, -0.1) is 0 Å². The van der Waals surface area contributed by atoms with Crippen LogP contribution in [0.25, 0.3) is 0 Å². The average Bonchev–Trinajstić information content (AvgIpc) is 2.16. The van der Waals surface area contributed by atoms with Crippen LogP contribution < -0.4 is 5.73 Å². The lowest BCUT2D eigenvalue weighted by Crippen LogP contribution is -2.06. The van der Waals surface area contributed by atoms with Gasteiger partial charge < -0.3 is 5.73 Å². The van der Waals surface area contributed by atoms with Crippen LogP contribution in [0.3, 0.4) is 0 Å². The van der Waals surface area contributed by atoms with Gasteiger partial charge in [-0.25, -0.2) is 0 Å². The standard InChI is InChI=1S/C11H16ClN/c1-2-9(7-8-13)10-5-3-4-6-11(10)12/h3-6,9H,2,7-8,13H2,1H3. The van der Waals surface area contributed by atoms with E-state index >= 15 is 0 Å². The van der Waals surface area contributed by atoms with Crippen molar-refractivity contribution >= 4 is 11.6 Å². The van der Waals surface area contributed by atoms with Gasteiger partial charge in [-0.05, 0) is 36.9 Å². The molecule has 13 heavy (non-hydrogen) atoms. The highest BCUT2D eigenvalue weighted by Gasteiger charge is 2.10. The third-order valence-corrected chi connectivity index (χ3v) is 2.70. The van der Waals surface area contributed by atoms with Gasteiger partial charge in [-0.2, -0.15) is 0 Å². The Labute approximate surface area is 84.9 Å². The summed E-state index contributed by atoms with van der Waals surface area (Å²) in [6.07, 6.45) is 2.11. The van der Waals surface area contributed by atoms with Crippen molar-refractivity contribution in [3.05, 3.63) is 34.9 Å². The normalized spacial score (nSPS) is 12.8. The molecule has 0 amide bonds. The number of hydrogen-bond donors (Lipinski definition) is 1. The second-order valence-electron chi connectivity index (χ2n) is 3.20. The molecule has 2 heteroatoms. The minimum Gasteiger partial charge on any atom is -0.330 e. The molecule has 0 radical (unpaired) electrons. The van der Waals surface area contributed by atoms with Gasteiger partial charge >= 0.3 is 0 Å². The fourth-order valence-electron chi connectivity index (χ4n) is 1.59. The molecule has 0 saturated heterocycles. The maximum atomic E-state index is 6.09. The fraction of sp³-hybridized carbons (Fsp3) is 0.455. The van der Waals surface area contributed by atoms with Crippen LogP contribution in [-0.4, -0.2) is 6.54 Å². The first kappa shape index (κ1) is 10.6. The average molecular weight is 198 g/mol. The van der Waals surface area contributed by atoms with Crippen LogP contribution in [0.2, 0.25) is 5.02 Å². The first-order chi connectivity index (χ1) is 6.29. The van der Waals surface area contributed by atoms with Crippen LogP contribution in [0.15, 0.2) is 24.3 Å². The molecule has 1 rings (SSSR count). The van der Waals surface area contributed by atoms with Crippen LogP contribution in [0.4, 0.5) is 0 Å². The molecular weight excluding hydrogens is 182 g/mol. The first-order valence-electron chi connectivity index (χ1n) is 4.74. The van der Waals surface area contributed by atoms with E-state index in [0.717, 1.165) is 24.4 Å². The van der Waals surface area contributed by atoms with Gasteiger partial charge in [0, 0.05) is 5.02 Å². The van der Waals surface area contributed by atoms with Crippen LogP contribution in [0, 0.1) is 0 Å². The second kappa shape index (κ2) is 5.25. The van der Waals surface area contributed by atoms with Gasteiger partial charge in [0.1, 0.15) is 0 Å². The minimum absolute atomic E-state index is 0.513. The Bertz CT molecular complexity index is 260. The topological polar surface area (TPSA) is 26.0 Å². The maximum Gasteiger partial charge on any atom is 0.0440 e. The third kappa shape index (κ3) is 2.71. The Hall–Kier alpha value is -0.530. The fourth-order valence-corrected chi connectivity index (χ4v) is 1.88. The smallest absolute Gasteiger partial charge is 0.0440 e. The van der Waals surface area contributed by atoms with Crippen LogP contribution in [0.5, 0.6) is 0 Å². The van der Waals surface area contributed by atoms with Gasteiger partial charge in [-0.3, -0.25) is 0 Å². The highest BCUT2D eigenvalue weighted by molar-refractivity contribution is 6.31. The molecule has 1 nitrogen and oxygen atoms in total. The number of hydrogen-bond acceptors (Lipinski definition) is 1. The van der Waals surface area contributed by atoms with Crippen LogP contribution in [-0.2, 0) is 0 Å². The SMILES string of the molecule is CCC(CCN)c1ccccc1Cl. The van der Waals surface area contributed by atoms with Gasteiger partial charge in [0.15, 0.2) is 0 Å².